The van der Waals surface area contributed by atoms with E-state index in [4.69, 9.17) is 10.00 Å². The first-order valence-corrected chi connectivity index (χ1v) is 10.6. The van der Waals surface area contributed by atoms with Crippen molar-refractivity contribution in [3.63, 3.8) is 0 Å². The zero-order chi connectivity index (χ0) is 21.6. The molecule has 0 bridgehead atoms. The number of nitriles is 1. The fourth-order valence-electron chi connectivity index (χ4n) is 3.70. The van der Waals surface area contributed by atoms with Crippen molar-refractivity contribution in [1.82, 2.24) is 10.2 Å². The lowest BCUT2D eigenvalue weighted by Crippen LogP contribution is -2.43. The topological polar surface area (TPSA) is 65.4 Å². The summed E-state index contributed by atoms with van der Waals surface area (Å²) in [5, 5.41) is 12.7. The minimum atomic E-state index is -0.444. The molecule has 3 rings (SSSR count). The van der Waals surface area contributed by atoms with Crippen LogP contribution in [0.4, 0.5) is 4.79 Å². The molecule has 1 fully saturated rings. The average molecular weight is 406 g/mol. The number of benzene rings is 2. The van der Waals surface area contributed by atoms with E-state index in [-0.39, 0.29) is 6.09 Å². The van der Waals surface area contributed by atoms with Crippen molar-refractivity contribution >= 4 is 6.09 Å². The largest absolute Gasteiger partial charge is 0.444 e. The minimum Gasteiger partial charge on any atom is -0.444 e. The zero-order valence-electron chi connectivity index (χ0n) is 18.1. The molecule has 1 aliphatic rings. The monoisotopic (exact) mass is 405 g/mol. The molecule has 2 aromatic rings. The van der Waals surface area contributed by atoms with Crippen LogP contribution in [0.3, 0.4) is 0 Å². The van der Waals surface area contributed by atoms with E-state index in [1.54, 1.807) is 0 Å². The van der Waals surface area contributed by atoms with Crippen LogP contribution in [-0.2, 0) is 11.3 Å². The third kappa shape index (κ3) is 6.33. The average Bonchev–Trinajstić information content (AvgIpc) is 2.73. The number of carbonyl (C=O) groups is 1. The number of amides is 1. The number of hydrogen-bond donors (Lipinski definition) is 1. The number of piperidine rings is 1. The van der Waals surface area contributed by atoms with Gasteiger partial charge in [0.05, 0.1) is 11.6 Å². The van der Waals surface area contributed by atoms with Crippen LogP contribution >= 0.6 is 0 Å². The molecule has 2 aromatic carbocycles. The van der Waals surface area contributed by atoms with Gasteiger partial charge in [0, 0.05) is 19.6 Å². The first kappa shape index (κ1) is 21.9. The number of carbonyl (C=O) groups excluding carboxylic acids is 1. The Hall–Kier alpha value is -2.84. The van der Waals surface area contributed by atoms with Gasteiger partial charge in [0.25, 0.3) is 0 Å². The molecule has 1 heterocycles. The maximum absolute atomic E-state index is 12.2. The molecule has 30 heavy (non-hydrogen) atoms. The fraction of sp³-hybridized carbons (Fsp3) is 0.440. The first-order valence-electron chi connectivity index (χ1n) is 10.6. The van der Waals surface area contributed by atoms with Crippen LogP contribution in [0.5, 0.6) is 0 Å². The van der Waals surface area contributed by atoms with Gasteiger partial charge in [-0.05, 0) is 81.0 Å². The van der Waals surface area contributed by atoms with E-state index in [0.717, 1.165) is 50.1 Å². The third-order valence-corrected chi connectivity index (χ3v) is 5.28. The molecule has 0 atom stereocenters. The van der Waals surface area contributed by atoms with E-state index in [1.165, 1.54) is 5.56 Å². The molecule has 0 aliphatic carbocycles. The van der Waals surface area contributed by atoms with Crippen molar-refractivity contribution in [2.75, 3.05) is 19.6 Å². The maximum atomic E-state index is 12.2. The van der Waals surface area contributed by atoms with E-state index in [9.17, 15) is 4.79 Å². The van der Waals surface area contributed by atoms with Crippen LogP contribution in [0, 0.1) is 17.2 Å². The molecule has 1 saturated heterocycles. The Morgan fingerprint density at radius 2 is 1.80 bits per heavy atom. The van der Waals surface area contributed by atoms with Crippen LogP contribution in [-0.4, -0.2) is 36.2 Å². The summed E-state index contributed by atoms with van der Waals surface area (Å²) in [5.74, 6) is 0.569. The summed E-state index contributed by atoms with van der Waals surface area (Å²) in [6.45, 7) is 8.96. The highest BCUT2D eigenvalue weighted by molar-refractivity contribution is 5.68. The third-order valence-electron chi connectivity index (χ3n) is 5.28. The SMILES string of the molecule is CC(C)(C)OC(=O)N1CCC(CNCc2cccc(-c3cccc(C#N)c3)c2)CC1. The van der Waals surface area contributed by atoms with E-state index < -0.39 is 5.60 Å². The highest BCUT2D eigenvalue weighted by atomic mass is 16.6. The summed E-state index contributed by atoms with van der Waals surface area (Å²) in [6, 6.07) is 18.3. The van der Waals surface area contributed by atoms with Gasteiger partial charge in [0.1, 0.15) is 5.60 Å². The molecule has 1 aliphatic heterocycles. The zero-order valence-corrected chi connectivity index (χ0v) is 18.1. The Balaban J connectivity index is 1.46. The van der Waals surface area contributed by atoms with E-state index in [2.05, 4.69) is 35.7 Å². The molecule has 158 valence electrons. The van der Waals surface area contributed by atoms with Crippen molar-refractivity contribution in [2.45, 2.75) is 45.8 Å². The minimum absolute atomic E-state index is 0.203. The van der Waals surface area contributed by atoms with Crippen molar-refractivity contribution in [1.29, 1.82) is 5.26 Å². The lowest BCUT2D eigenvalue weighted by Gasteiger charge is -2.33. The van der Waals surface area contributed by atoms with Crippen molar-refractivity contribution in [3.05, 3.63) is 59.7 Å². The lowest BCUT2D eigenvalue weighted by molar-refractivity contribution is 0.0184. The summed E-state index contributed by atoms with van der Waals surface area (Å²) in [7, 11) is 0. The van der Waals surface area contributed by atoms with E-state index in [0.29, 0.717) is 11.5 Å². The molecule has 0 radical (unpaired) electrons. The van der Waals surface area contributed by atoms with Gasteiger partial charge in [0.2, 0.25) is 0 Å². The highest BCUT2D eigenvalue weighted by Gasteiger charge is 2.26. The second kappa shape index (κ2) is 9.77. The predicted octanol–water partition coefficient (Wildman–Crippen LogP) is 4.96. The predicted molar refractivity (Wildman–Crippen MR) is 119 cm³/mol. The van der Waals surface area contributed by atoms with Crippen molar-refractivity contribution in [3.8, 4) is 17.2 Å². The number of rotatable bonds is 5. The van der Waals surface area contributed by atoms with Gasteiger partial charge in [-0.3, -0.25) is 0 Å². The Bertz CT molecular complexity index is 903. The molecule has 0 unspecified atom stereocenters. The van der Waals surface area contributed by atoms with Gasteiger partial charge < -0.3 is 15.0 Å². The summed E-state index contributed by atoms with van der Waals surface area (Å²) in [5.41, 5.74) is 3.64. The van der Waals surface area contributed by atoms with Crippen molar-refractivity contribution < 1.29 is 9.53 Å². The van der Waals surface area contributed by atoms with Crippen molar-refractivity contribution in [2.24, 2.45) is 5.92 Å². The normalized spacial score (nSPS) is 14.9. The molecular weight excluding hydrogens is 374 g/mol. The van der Waals surface area contributed by atoms with Crippen LogP contribution in [0.25, 0.3) is 11.1 Å². The second-order valence-electron chi connectivity index (χ2n) is 8.93. The summed E-state index contributed by atoms with van der Waals surface area (Å²) in [6.07, 6.45) is 1.78. The second-order valence-corrected chi connectivity index (χ2v) is 8.93. The van der Waals surface area contributed by atoms with Crippen LogP contribution < -0.4 is 5.32 Å². The molecule has 0 saturated carbocycles. The molecular formula is C25H31N3O2. The first-order chi connectivity index (χ1) is 14.3. The lowest BCUT2D eigenvalue weighted by atomic mass is 9.97. The number of ether oxygens (including phenoxy) is 1. The molecule has 5 nitrogen and oxygen atoms in total. The van der Waals surface area contributed by atoms with Gasteiger partial charge in [-0.1, -0.05) is 30.3 Å². The van der Waals surface area contributed by atoms with Gasteiger partial charge in [-0.2, -0.15) is 5.26 Å². The van der Waals surface area contributed by atoms with Crippen LogP contribution in [0.1, 0.15) is 44.7 Å². The summed E-state index contributed by atoms with van der Waals surface area (Å²) >= 11 is 0. The number of nitrogens with zero attached hydrogens (tertiary/aromatic N) is 2. The molecule has 0 aromatic heterocycles. The highest BCUT2D eigenvalue weighted by Crippen LogP contribution is 2.22. The summed E-state index contributed by atoms with van der Waals surface area (Å²) < 4.78 is 5.47. The molecule has 1 N–H and O–H groups in total. The van der Waals surface area contributed by atoms with Gasteiger partial charge in [0.15, 0.2) is 0 Å². The quantitative estimate of drug-likeness (QED) is 0.763. The fourth-order valence-corrected chi connectivity index (χ4v) is 3.70. The van der Waals surface area contributed by atoms with Crippen LogP contribution in [0.15, 0.2) is 48.5 Å². The Morgan fingerprint density at radius 1 is 1.13 bits per heavy atom. The standard InChI is InChI=1S/C25H31N3O2/c1-25(2,3)30-24(29)28-12-10-19(11-13-28)17-27-18-21-7-5-9-23(15-21)22-8-4-6-20(14-22)16-26/h4-9,14-15,19,27H,10-13,17-18H2,1-3H3. The Labute approximate surface area is 179 Å². The smallest absolute Gasteiger partial charge is 0.410 e. The van der Waals surface area contributed by atoms with Gasteiger partial charge >= 0.3 is 6.09 Å². The molecule has 5 heteroatoms. The maximum Gasteiger partial charge on any atom is 0.410 e. The molecule has 1 amide bonds. The van der Waals surface area contributed by atoms with Gasteiger partial charge in [-0.25, -0.2) is 4.79 Å². The number of hydrogen-bond acceptors (Lipinski definition) is 4. The molecule has 0 spiro atoms. The van der Waals surface area contributed by atoms with E-state index in [1.807, 2.05) is 49.9 Å². The van der Waals surface area contributed by atoms with E-state index >= 15 is 0 Å². The Kier molecular flexibility index (Phi) is 7.12. The number of nitrogens with one attached hydrogen (secondary N) is 1. The summed E-state index contributed by atoms with van der Waals surface area (Å²) in [4.78, 5) is 14.0. The van der Waals surface area contributed by atoms with Crippen LogP contribution in [0.2, 0.25) is 0 Å². The number of likely N-dealkylation sites (tertiary alicyclic amines) is 1. The van der Waals surface area contributed by atoms with Gasteiger partial charge in [-0.15, -0.1) is 0 Å². The Morgan fingerprint density at radius 3 is 2.47 bits per heavy atom.